The van der Waals surface area contributed by atoms with Crippen LogP contribution < -0.4 is 5.56 Å². The molecule has 0 aliphatic rings. The predicted molar refractivity (Wildman–Crippen MR) is 93.2 cm³/mol. The van der Waals surface area contributed by atoms with Gasteiger partial charge in [0.1, 0.15) is 0 Å². The quantitative estimate of drug-likeness (QED) is 0.745. The molecule has 6 heteroatoms. The van der Waals surface area contributed by atoms with Crippen LogP contribution in [0.25, 0.3) is 5.78 Å². The zero-order valence-electron chi connectivity index (χ0n) is 13.8. The Hall–Kier alpha value is -2.08. The minimum atomic E-state index is -0.139. The number of fused-ring (bicyclic) bond motifs is 1. The van der Waals surface area contributed by atoms with Crippen LogP contribution in [-0.4, -0.2) is 19.6 Å². The third-order valence-electron chi connectivity index (χ3n) is 3.86. The highest BCUT2D eigenvalue weighted by molar-refractivity contribution is 7.98. The maximum atomic E-state index is 11.7. The minimum absolute atomic E-state index is 0.139. The molecule has 0 aliphatic heterocycles. The van der Waals surface area contributed by atoms with Crippen LogP contribution in [0.2, 0.25) is 0 Å². The molecule has 0 saturated carbocycles. The third kappa shape index (κ3) is 3.17. The molecule has 1 aromatic carbocycles. The van der Waals surface area contributed by atoms with Crippen molar-refractivity contribution in [2.24, 2.45) is 0 Å². The van der Waals surface area contributed by atoms with Gasteiger partial charge in [0.15, 0.2) is 5.16 Å². The first-order valence-corrected chi connectivity index (χ1v) is 8.61. The van der Waals surface area contributed by atoms with E-state index >= 15 is 0 Å². The highest BCUT2D eigenvalue weighted by Crippen LogP contribution is 2.26. The maximum Gasteiger partial charge on any atom is 0.252 e. The van der Waals surface area contributed by atoms with E-state index in [0.717, 1.165) is 16.6 Å². The van der Waals surface area contributed by atoms with Crippen LogP contribution in [0.1, 0.15) is 42.1 Å². The molecule has 0 saturated heterocycles. The van der Waals surface area contributed by atoms with Gasteiger partial charge >= 0.3 is 0 Å². The molecule has 3 rings (SSSR count). The van der Waals surface area contributed by atoms with Crippen LogP contribution in [0.15, 0.2) is 34.2 Å². The molecule has 23 heavy (non-hydrogen) atoms. The number of thioether (sulfide) groups is 1. The smallest absolute Gasteiger partial charge is 0.252 e. The van der Waals surface area contributed by atoms with Crippen LogP contribution in [0.3, 0.4) is 0 Å². The zero-order chi connectivity index (χ0) is 16.6. The Labute approximate surface area is 139 Å². The third-order valence-corrected chi connectivity index (χ3v) is 4.84. The topological polar surface area (TPSA) is 63.0 Å². The van der Waals surface area contributed by atoms with Crippen LogP contribution in [0.5, 0.6) is 0 Å². The molecule has 1 N–H and O–H groups in total. The summed E-state index contributed by atoms with van der Waals surface area (Å²) in [6.45, 7) is 8.34. The van der Waals surface area contributed by atoms with Crippen LogP contribution in [0, 0.1) is 13.8 Å². The van der Waals surface area contributed by atoms with Crippen molar-refractivity contribution >= 4 is 17.5 Å². The molecular formula is C17H20N4OS. The van der Waals surface area contributed by atoms with Crippen molar-refractivity contribution in [2.45, 2.75) is 44.5 Å². The molecule has 2 heterocycles. The standard InChI is InChI=1S/C17H20N4OS/c1-10(2)14-8-15(22)18-16-19-20-17(21(14)16)23-9-13-7-11(3)5-6-12(13)4/h5-8,10H,9H2,1-4H3,(H,18,19,22). The molecule has 5 nitrogen and oxygen atoms in total. The summed E-state index contributed by atoms with van der Waals surface area (Å²) in [5.41, 5.74) is 4.61. The molecular weight excluding hydrogens is 308 g/mol. The Balaban J connectivity index is 1.97. The molecule has 0 amide bonds. The summed E-state index contributed by atoms with van der Waals surface area (Å²) in [7, 11) is 0. The second kappa shape index (κ2) is 6.20. The molecule has 0 unspecified atom stereocenters. The van der Waals surface area contributed by atoms with Gasteiger partial charge in [-0.05, 0) is 30.9 Å². The number of aromatic amines is 1. The molecule has 0 bridgehead atoms. The average molecular weight is 328 g/mol. The van der Waals surface area contributed by atoms with Crippen molar-refractivity contribution in [3.05, 3.63) is 57.0 Å². The second-order valence-electron chi connectivity index (χ2n) is 6.07. The number of hydrogen-bond donors (Lipinski definition) is 1. The van der Waals surface area contributed by atoms with E-state index in [2.05, 4.69) is 61.1 Å². The predicted octanol–water partition coefficient (Wildman–Crippen LogP) is 3.45. The van der Waals surface area contributed by atoms with Crippen molar-refractivity contribution in [1.82, 2.24) is 19.6 Å². The fraction of sp³-hybridized carbons (Fsp3) is 0.353. The zero-order valence-corrected chi connectivity index (χ0v) is 14.6. The molecule has 0 aliphatic carbocycles. The number of aryl methyl sites for hydroxylation is 2. The number of hydrogen-bond acceptors (Lipinski definition) is 4. The summed E-state index contributed by atoms with van der Waals surface area (Å²) in [5.74, 6) is 1.55. The van der Waals surface area contributed by atoms with Gasteiger partial charge in [0, 0.05) is 17.5 Å². The minimum Gasteiger partial charge on any atom is -0.291 e. The molecule has 0 atom stereocenters. The highest BCUT2D eigenvalue weighted by atomic mass is 32.2. The van der Waals surface area contributed by atoms with Crippen LogP contribution in [0.4, 0.5) is 0 Å². The lowest BCUT2D eigenvalue weighted by Gasteiger charge is -2.10. The lowest BCUT2D eigenvalue weighted by atomic mass is 10.1. The Morgan fingerprint density at radius 2 is 2.00 bits per heavy atom. The van der Waals surface area contributed by atoms with Gasteiger partial charge in [0.05, 0.1) is 0 Å². The number of H-pyrrole nitrogens is 1. The number of nitrogens with one attached hydrogen (secondary N) is 1. The molecule has 3 aromatic rings. The number of rotatable bonds is 4. The van der Waals surface area contributed by atoms with E-state index in [0.29, 0.717) is 5.78 Å². The van der Waals surface area contributed by atoms with Crippen molar-refractivity contribution in [3.63, 3.8) is 0 Å². The number of nitrogens with zero attached hydrogens (tertiary/aromatic N) is 3. The monoisotopic (exact) mass is 328 g/mol. The molecule has 2 aromatic heterocycles. The lowest BCUT2D eigenvalue weighted by Crippen LogP contribution is -2.13. The van der Waals surface area contributed by atoms with E-state index in [9.17, 15) is 4.79 Å². The maximum absolute atomic E-state index is 11.7. The Morgan fingerprint density at radius 3 is 2.74 bits per heavy atom. The normalized spacial score (nSPS) is 11.5. The van der Waals surface area contributed by atoms with E-state index in [1.165, 1.54) is 16.7 Å². The SMILES string of the molecule is Cc1ccc(C)c(CSc2nnc3[nH]c(=O)cc(C(C)C)n23)c1. The van der Waals surface area contributed by atoms with E-state index < -0.39 is 0 Å². The van der Waals surface area contributed by atoms with E-state index in [-0.39, 0.29) is 11.5 Å². The van der Waals surface area contributed by atoms with Gasteiger partial charge in [-0.15, -0.1) is 10.2 Å². The lowest BCUT2D eigenvalue weighted by molar-refractivity contribution is 0.754. The number of benzene rings is 1. The summed E-state index contributed by atoms with van der Waals surface area (Å²) in [6, 6.07) is 8.10. The van der Waals surface area contributed by atoms with E-state index in [1.807, 2.05) is 4.40 Å². The first-order valence-electron chi connectivity index (χ1n) is 7.63. The van der Waals surface area contributed by atoms with Crippen LogP contribution >= 0.6 is 11.8 Å². The van der Waals surface area contributed by atoms with Gasteiger partial charge < -0.3 is 0 Å². The first kappa shape index (κ1) is 15.8. The van der Waals surface area contributed by atoms with Gasteiger partial charge in [-0.1, -0.05) is 49.4 Å². The van der Waals surface area contributed by atoms with Gasteiger partial charge in [0.25, 0.3) is 5.56 Å². The molecule has 0 radical (unpaired) electrons. The summed E-state index contributed by atoms with van der Waals surface area (Å²) >= 11 is 1.64. The highest BCUT2D eigenvalue weighted by Gasteiger charge is 2.14. The number of aromatic nitrogens is 4. The first-order chi connectivity index (χ1) is 11.0. The largest absolute Gasteiger partial charge is 0.291 e. The van der Waals surface area contributed by atoms with Crippen molar-refractivity contribution in [3.8, 4) is 0 Å². The fourth-order valence-corrected chi connectivity index (χ4v) is 3.56. The van der Waals surface area contributed by atoms with Gasteiger partial charge in [0.2, 0.25) is 5.78 Å². The molecule has 120 valence electrons. The van der Waals surface area contributed by atoms with E-state index in [4.69, 9.17) is 0 Å². The Morgan fingerprint density at radius 1 is 1.22 bits per heavy atom. The summed E-state index contributed by atoms with van der Waals surface area (Å²) in [6.07, 6.45) is 0. The van der Waals surface area contributed by atoms with Crippen LogP contribution in [-0.2, 0) is 5.75 Å². The van der Waals surface area contributed by atoms with Crippen molar-refractivity contribution < 1.29 is 0 Å². The van der Waals surface area contributed by atoms with Gasteiger partial charge in [-0.3, -0.25) is 14.2 Å². The second-order valence-corrected chi connectivity index (χ2v) is 7.02. The van der Waals surface area contributed by atoms with Crippen molar-refractivity contribution in [2.75, 3.05) is 0 Å². The van der Waals surface area contributed by atoms with E-state index in [1.54, 1.807) is 17.8 Å². The summed E-state index contributed by atoms with van der Waals surface area (Å²) in [5, 5.41) is 9.17. The Kier molecular flexibility index (Phi) is 4.26. The summed E-state index contributed by atoms with van der Waals surface area (Å²) < 4.78 is 1.95. The fourth-order valence-electron chi connectivity index (χ4n) is 2.55. The molecule has 0 spiro atoms. The average Bonchev–Trinajstić information content (AvgIpc) is 2.90. The van der Waals surface area contributed by atoms with Gasteiger partial charge in [-0.25, -0.2) is 0 Å². The van der Waals surface area contributed by atoms with Crippen molar-refractivity contribution in [1.29, 1.82) is 0 Å². The molecule has 0 fully saturated rings. The van der Waals surface area contributed by atoms with Gasteiger partial charge in [-0.2, -0.15) is 0 Å². The summed E-state index contributed by atoms with van der Waals surface area (Å²) in [4.78, 5) is 14.5. The Bertz CT molecular complexity index is 911.